The van der Waals surface area contributed by atoms with Crippen molar-refractivity contribution in [2.45, 2.75) is 18.6 Å². The maximum Gasteiger partial charge on any atom is 0.492 e. The normalized spacial score (nSPS) is 14.5. The third-order valence-corrected chi connectivity index (χ3v) is 2.41. The van der Waals surface area contributed by atoms with Gasteiger partial charge in [-0.25, -0.2) is 0 Å². The van der Waals surface area contributed by atoms with Gasteiger partial charge in [-0.1, -0.05) is 0 Å². The summed E-state index contributed by atoms with van der Waals surface area (Å²) < 4.78 is 4.94. The van der Waals surface area contributed by atoms with E-state index in [4.69, 9.17) is 30.0 Å². The van der Waals surface area contributed by atoms with Crippen molar-refractivity contribution in [2.75, 3.05) is 19.8 Å². The number of hydrogen-bond donors (Lipinski definition) is 5. The van der Waals surface area contributed by atoms with Gasteiger partial charge in [-0.15, -0.1) is 0 Å². The number of aliphatic hydroxyl groups is 1. The zero-order valence-electron chi connectivity index (χ0n) is 7.39. The Labute approximate surface area is 77.9 Å². The number of hydrogen-bond acceptors (Lipinski definition) is 6. The average Bonchev–Trinajstić information content (AvgIpc) is 2.01. The average molecular weight is 211 g/mol. The van der Waals surface area contributed by atoms with Crippen LogP contribution in [0.4, 0.5) is 0 Å². The number of rotatable bonds is 7. The first kappa shape index (κ1) is 13.0. The second-order valence-corrected chi connectivity index (χ2v) is 4.89. The fraction of sp³-hybridized carbons (Fsp3) is 1.00. The van der Waals surface area contributed by atoms with E-state index in [1.165, 1.54) is 0 Å². The Morgan fingerprint density at radius 1 is 1.31 bits per heavy atom. The van der Waals surface area contributed by atoms with Gasteiger partial charge in [0.1, 0.15) is 0 Å². The molecule has 0 aliphatic rings. The SMILES string of the molecule is NCC(O)COCCC[Si](O)(O)O. The Morgan fingerprint density at radius 2 is 1.92 bits per heavy atom. The minimum atomic E-state index is -3.91. The monoisotopic (exact) mass is 211 g/mol. The van der Waals surface area contributed by atoms with E-state index in [9.17, 15) is 0 Å². The van der Waals surface area contributed by atoms with E-state index in [0.29, 0.717) is 6.42 Å². The van der Waals surface area contributed by atoms with Crippen molar-refractivity contribution in [1.29, 1.82) is 0 Å². The molecule has 0 saturated carbocycles. The highest BCUT2D eigenvalue weighted by Gasteiger charge is 2.25. The van der Waals surface area contributed by atoms with Gasteiger partial charge in [-0.2, -0.15) is 0 Å². The van der Waals surface area contributed by atoms with Crippen molar-refractivity contribution in [3.8, 4) is 0 Å². The highest BCUT2D eigenvalue weighted by molar-refractivity contribution is 6.56. The van der Waals surface area contributed by atoms with Gasteiger partial charge in [-0.3, -0.25) is 0 Å². The van der Waals surface area contributed by atoms with Gasteiger partial charge in [0.2, 0.25) is 0 Å². The van der Waals surface area contributed by atoms with Gasteiger partial charge in [0, 0.05) is 19.2 Å². The lowest BCUT2D eigenvalue weighted by molar-refractivity contribution is 0.0405. The minimum absolute atomic E-state index is 0.0499. The van der Waals surface area contributed by atoms with Crippen LogP contribution in [0.3, 0.4) is 0 Å². The molecule has 0 spiro atoms. The highest BCUT2D eigenvalue weighted by Crippen LogP contribution is 2.01. The van der Waals surface area contributed by atoms with E-state index in [1.54, 1.807) is 0 Å². The van der Waals surface area contributed by atoms with Crippen molar-refractivity contribution < 1.29 is 24.2 Å². The maximum absolute atomic E-state index is 8.93. The van der Waals surface area contributed by atoms with Crippen LogP contribution in [-0.2, 0) is 4.74 Å². The summed E-state index contributed by atoms with van der Waals surface area (Å²) in [5.74, 6) is 0. The van der Waals surface area contributed by atoms with Gasteiger partial charge < -0.3 is 30.0 Å². The molecule has 1 unspecified atom stereocenters. The van der Waals surface area contributed by atoms with Crippen LogP contribution in [0.15, 0.2) is 0 Å². The summed E-state index contributed by atoms with van der Waals surface area (Å²) >= 11 is 0. The van der Waals surface area contributed by atoms with E-state index in [1.807, 2.05) is 0 Å². The molecule has 0 bridgehead atoms. The Kier molecular flexibility index (Phi) is 6.42. The smallest absolute Gasteiger partial charge is 0.390 e. The number of nitrogens with two attached hydrogens (primary N) is 1. The lowest BCUT2D eigenvalue weighted by Gasteiger charge is -2.10. The molecule has 80 valence electrons. The lowest BCUT2D eigenvalue weighted by atomic mass is 10.4. The van der Waals surface area contributed by atoms with Crippen LogP contribution >= 0.6 is 0 Å². The zero-order chi connectivity index (χ0) is 10.3. The molecule has 0 fully saturated rings. The zero-order valence-corrected chi connectivity index (χ0v) is 8.39. The van der Waals surface area contributed by atoms with Crippen LogP contribution in [0.5, 0.6) is 0 Å². The van der Waals surface area contributed by atoms with Gasteiger partial charge in [0.25, 0.3) is 0 Å². The second kappa shape index (κ2) is 6.43. The molecule has 1 atom stereocenters. The van der Waals surface area contributed by atoms with Crippen molar-refractivity contribution in [3.05, 3.63) is 0 Å². The van der Waals surface area contributed by atoms with E-state index in [-0.39, 0.29) is 25.8 Å². The molecule has 0 saturated heterocycles. The predicted molar refractivity (Wildman–Crippen MR) is 47.7 cm³/mol. The first-order valence-corrected chi connectivity index (χ1v) is 6.13. The second-order valence-electron chi connectivity index (χ2n) is 2.84. The summed E-state index contributed by atoms with van der Waals surface area (Å²) in [6.07, 6.45) is -0.327. The standard InChI is InChI=1S/C6H17NO5Si/c7-4-6(8)5-12-2-1-3-13(9,10)11/h6,8-11H,1-5,7H2. The fourth-order valence-electron chi connectivity index (χ4n) is 0.699. The predicted octanol–water partition coefficient (Wildman–Crippen LogP) is -2.37. The summed E-state index contributed by atoms with van der Waals surface area (Å²) in [5, 5.41) is 8.93. The molecule has 0 aromatic carbocycles. The van der Waals surface area contributed by atoms with Crippen LogP contribution < -0.4 is 5.73 Å². The van der Waals surface area contributed by atoms with Gasteiger partial charge >= 0.3 is 8.80 Å². The summed E-state index contributed by atoms with van der Waals surface area (Å²) in [6.45, 7) is 0.541. The van der Waals surface area contributed by atoms with Crippen molar-refractivity contribution in [3.63, 3.8) is 0 Å². The Balaban J connectivity index is 3.18. The molecule has 6 nitrogen and oxygen atoms in total. The van der Waals surface area contributed by atoms with E-state index in [2.05, 4.69) is 0 Å². The van der Waals surface area contributed by atoms with Crippen LogP contribution in [-0.4, -0.2) is 54.2 Å². The molecular weight excluding hydrogens is 194 g/mol. The van der Waals surface area contributed by atoms with Crippen molar-refractivity contribution in [2.24, 2.45) is 5.73 Å². The summed E-state index contributed by atoms with van der Waals surface area (Å²) in [6, 6.07) is -0.0499. The molecule has 0 radical (unpaired) electrons. The molecule has 13 heavy (non-hydrogen) atoms. The summed E-state index contributed by atoms with van der Waals surface area (Å²) in [5.41, 5.74) is 5.11. The first-order chi connectivity index (χ1) is 5.95. The molecule has 0 aliphatic heterocycles. The molecule has 0 amide bonds. The molecule has 7 heteroatoms. The molecule has 0 aliphatic carbocycles. The summed E-state index contributed by atoms with van der Waals surface area (Å²) in [7, 11) is -3.91. The quantitative estimate of drug-likeness (QED) is 0.237. The Morgan fingerprint density at radius 3 is 2.38 bits per heavy atom. The Bertz CT molecular complexity index is 129. The topological polar surface area (TPSA) is 116 Å². The fourth-order valence-corrected chi connectivity index (χ4v) is 1.32. The van der Waals surface area contributed by atoms with E-state index >= 15 is 0 Å². The Hall–Kier alpha value is -0.0231. The van der Waals surface area contributed by atoms with Crippen LogP contribution in [0.2, 0.25) is 6.04 Å². The van der Waals surface area contributed by atoms with E-state index in [0.717, 1.165) is 0 Å². The van der Waals surface area contributed by atoms with Gasteiger partial charge in [0.15, 0.2) is 0 Å². The van der Waals surface area contributed by atoms with Crippen LogP contribution in [0, 0.1) is 0 Å². The first-order valence-electron chi connectivity index (χ1n) is 4.08. The largest absolute Gasteiger partial charge is 0.492 e. The number of aliphatic hydroxyl groups excluding tert-OH is 1. The molecule has 0 aromatic rings. The number of ether oxygens (including phenoxy) is 1. The van der Waals surface area contributed by atoms with Crippen LogP contribution in [0.1, 0.15) is 6.42 Å². The molecule has 6 N–H and O–H groups in total. The van der Waals surface area contributed by atoms with Crippen molar-refractivity contribution in [1.82, 2.24) is 0 Å². The molecule has 0 heterocycles. The minimum Gasteiger partial charge on any atom is -0.390 e. The van der Waals surface area contributed by atoms with Gasteiger partial charge in [-0.05, 0) is 6.42 Å². The van der Waals surface area contributed by atoms with Gasteiger partial charge in [0.05, 0.1) is 12.7 Å². The maximum atomic E-state index is 8.93. The molecular formula is C6H17NO5Si. The highest BCUT2D eigenvalue weighted by atomic mass is 28.4. The third-order valence-electron chi connectivity index (χ3n) is 1.38. The molecule has 0 aromatic heterocycles. The third kappa shape index (κ3) is 9.89. The molecule has 0 rings (SSSR count). The van der Waals surface area contributed by atoms with E-state index < -0.39 is 14.9 Å². The summed E-state index contributed by atoms with van der Waals surface area (Å²) in [4.78, 5) is 25.8. The lowest BCUT2D eigenvalue weighted by Crippen LogP contribution is -2.34. The van der Waals surface area contributed by atoms with Crippen LogP contribution in [0.25, 0.3) is 0 Å². The van der Waals surface area contributed by atoms with Crippen molar-refractivity contribution >= 4 is 8.80 Å².